The highest BCUT2D eigenvalue weighted by atomic mass is 16.5. The molecule has 3 heterocycles. The molecule has 1 saturated heterocycles. The van der Waals surface area contributed by atoms with Crippen LogP contribution in [0.25, 0.3) is 5.52 Å². The molecule has 0 radical (unpaired) electrons. The Balaban J connectivity index is 1.79. The van der Waals surface area contributed by atoms with Gasteiger partial charge in [-0.2, -0.15) is 5.26 Å². The van der Waals surface area contributed by atoms with Crippen molar-refractivity contribution in [2.75, 3.05) is 13.2 Å². The Labute approximate surface area is 159 Å². The molecular formula is C22H26N2O3. The number of ether oxygens (including phenoxy) is 2. The van der Waals surface area contributed by atoms with Crippen molar-refractivity contribution in [2.45, 2.75) is 63.4 Å². The van der Waals surface area contributed by atoms with Gasteiger partial charge in [-0.3, -0.25) is 0 Å². The van der Waals surface area contributed by atoms with Crippen LogP contribution in [0, 0.1) is 11.3 Å². The molecule has 0 amide bonds. The number of hydrogen-bond donors (Lipinski definition) is 0. The Morgan fingerprint density at radius 1 is 1.41 bits per heavy atom. The summed E-state index contributed by atoms with van der Waals surface area (Å²) >= 11 is 0. The minimum atomic E-state index is -0.559. The number of carbonyl (C=O) groups excluding carboxylic acids is 1. The van der Waals surface area contributed by atoms with E-state index in [1.807, 2.05) is 16.7 Å². The molecule has 1 atom stereocenters. The molecule has 2 fully saturated rings. The van der Waals surface area contributed by atoms with Crippen molar-refractivity contribution in [2.24, 2.45) is 0 Å². The fraction of sp³-hybridized carbons (Fsp3) is 0.545. The van der Waals surface area contributed by atoms with E-state index in [0.717, 1.165) is 43.5 Å². The summed E-state index contributed by atoms with van der Waals surface area (Å²) in [5.74, 6) is 0.0977. The number of rotatable bonds is 4. The van der Waals surface area contributed by atoms with Gasteiger partial charge in [-0.25, -0.2) is 4.79 Å². The second kappa shape index (κ2) is 6.38. The molecule has 2 aliphatic rings. The molecule has 0 bridgehead atoms. The zero-order valence-electron chi connectivity index (χ0n) is 16.2. The van der Waals surface area contributed by atoms with E-state index >= 15 is 0 Å². The lowest BCUT2D eigenvalue weighted by Gasteiger charge is -2.35. The van der Waals surface area contributed by atoms with E-state index in [1.165, 1.54) is 5.56 Å². The van der Waals surface area contributed by atoms with E-state index in [2.05, 4.69) is 32.0 Å². The Morgan fingerprint density at radius 2 is 2.19 bits per heavy atom. The Hall–Kier alpha value is -2.32. The Morgan fingerprint density at radius 3 is 2.81 bits per heavy atom. The summed E-state index contributed by atoms with van der Waals surface area (Å²) in [5.41, 5.74) is 2.86. The first-order chi connectivity index (χ1) is 12.9. The van der Waals surface area contributed by atoms with Crippen LogP contribution in [-0.2, 0) is 14.9 Å². The van der Waals surface area contributed by atoms with Crippen molar-refractivity contribution in [3.63, 3.8) is 0 Å². The van der Waals surface area contributed by atoms with Crippen molar-refractivity contribution >= 4 is 11.5 Å². The number of nitrogens with zero attached hydrogens (tertiary/aromatic N) is 2. The maximum absolute atomic E-state index is 12.5. The molecule has 1 unspecified atom stereocenters. The van der Waals surface area contributed by atoms with Crippen LogP contribution in [-0.4, -0.2) is 29.2 Å². The van der Waals surface area contributed by atoms with E-state index in [4.69, 9.17) is 9.47 Å². The smallest absolute Gasteiger partial charge is 0.340 e. The van der Waals surface area contributed by atoms with Crippen LogP contribution in [0.1, 0.15) is 74.0 Å². The van der Waals surface area contributed by atoms with Crippen LogP contribution in [0.2, 0.25) is 0 Å². The van der Waals surface area contributed by atoms with Gasteiger partial charge < -0.3 is 13.9 Å². The van der Waals surface area contributed by atoms with Gasteiger partial charge in [0.1, 0.15) is 0 Å². The number of aromatic nitrogens is 1. The molecule has 1 aliphatic carbocycles. The van der Waals surface area contributed by atoms with Crippen LogP contribution < -0.4 is 0 Å². The van der Waals surface area contributed by atoms with Gasteiger partial charge >= 0.3 is 5.97 Å². The fourth-order valence-corrected chi connectivity index (χ4v) is 4.35. The van der Waals surface area contributed by atoms with Gasteiger partial charge in [0.05, 0.1) is 34.9 Å². The lowest BCUT2D eigenvalue weighted by molar-refractivity contribution is -0.0593. The molecule has 5 nitrogen and oxygen atoms in total. The summed E-state index contributed by atoms with van der Waals surface area (Å²) in [7, 11) is 0. The zero-order valence-corrected chi connectivity index (χ0v) is 16.2. The third-order valence-electron chi connectivity index (χ3n) is 5.88. The summed E-state index contributed by atoms with van der Waals surface area (Å²) in [5, 5.41) is 9.71. The van der Waals surface area contributed by atoms with Crippen molar-refractivity contribution in [1.29, 1.82) is 5.26 Å². The highest BCUT2D eigenvalue weighted by Gasteiger charge is 2.49. The van der Waals surface area contributed by atoms with Crippen molar-refractivity contribution in [1.82, 2.24) is 4.40 Å². The molecule has 2 aromatic rings. The SMILES string of the molecule is CCOC(=O)c1cc2cc(C3CCOC(C)(C)C3)ccn2c1C1(C#N)CC1. The van der Waals surface area contributed by atoms with Crippen molar-refractivity contribution in [3.8, 4) is 6.07 Å². The monoisotopic (exact) mass is 366 g/mol. The molecule has 5 heteroatoms. The van der Waals surface area contributed by atoms with E-state index in [-0.39, 0.29) is 11.6 Å². The molecule has 1 aliphatic heterocycles. The standard InChI is InChI=1S/C22H26N2O3/c1-4-26-20(25)18-12-17-11-15(16-6-10-27-21(2,3)13-16)5-9-24(17)19(18)22(14-23)7-8-22/h5,9,11-12,16H,4,6-8,10,13H2,1-3H3. The second-order valence-electron chi connectivity index (χ2n) is 8.37. The quantitative estimate of drug-likeness (QED) is 0.755. The molecule has 27 heavy (non-hydrogen) atoms. The minimum absolute atomic E-state index is 0.114. The van der Waals surface area contributed by atoms with Crippen LogP contribution in [0.3, 0.4) is 0 Å². The number of pyridine rings is 1. The van der Waals surface area contributed by atoms with Crippen LogP contribution in [0.5, 0.6) is 0 Å². The maximum atomic E-state index is 12.5. The Bertz CT molecular complexity index is 931. The summed E-state index contributed by atoms with van der Waals surface area (Å²) in [6.07, 6.45) is 5.57. The average molecular weight is 366 g/mol. The van der Waals surface area contributed by atoms with Gasteiger partial charge in [-0.15, -0.1) is 0 Å². The number of esters is 1. The first kappa shape index (κ1) is 18.1. The predicted octanol–water partition coefficient (Wildman–Crippen LogP) is 4.34. The second-order valence-corrected chi connectivity index (χ2v) is 8.37. The third-order valence-corrected chi connectivity index (χ3v) is 5.88. The van der Waals surface area contributed by atoms with Crippen LogP contribution >= 0.6 is 0 Å². The minimum Gasteiger partial charge on any atom is -0.462 e. The molecule has 4 rings (SSSR count). The predicted molar refractivity (Wildman–Crippen MR) is 102 cm³/mol. The highest BCUT2D eigenvalue weighted by Crippen LogP contribution is 2.49. The number of hydrogen-bond acceptors (Lipinski definition) is 4. The summed E-state index contributed by atoms with van der Waals surface area (Å²) < 4.78 is 13.1. The normalized spacial score (nSPS) is 23.0. The van der Waals surface area contributed by atoms with Gasteiger partial charge in [-0.05, 0) is 76.1 Å². The average Bonchev–Trinajstić information content (AvgIpc) is 3.33. The topological polar surface area (TPSA) is 63.7 Å². The molecule has 142 valence electrons. The van der Waals surface area contributed by atoms with Crippen LogP contribution in [0.15, 0.2) is 24.4 Å². The first-order valence-corrected chi connectivity index (χ1v) is 9.77. The maximum Gasteiger partial charge on any atom is 0.340 e. The highest BCUT2D eigenvalue weighted by molar-refractivity contribution is 5.94. The van der Waals surface area contributed by atoms with Crippen LogP contribution in [0.4, 0.5) is 0 Å². The van der Waals surface area contributed by atoms with Gasteiger partial charge in [0.25, 0.3) is 0 Å². The molecule has 1 saturated carbocycles. The zero-order chi connectivity index (χ0) is 19.2. The molecular weight excluding hydrogens is 340 g/mol. The number of nitriles is 1. The van der Waals surface area contributed by atoms with Gasteiger partial charge in [-0.1, -0.05) is 0 Å². The summed E-state index contributed by atoms with van der Waals surface area (Å²) in [6, 6.07) is 8.60. The van der Waals surface area contributed by atoms with E-state index in [9.17, 15) is 10.1 Å². The Kier molecular flexibility index (Phi) is 4.27. The van der Waals surface area contributed by atoms with Gasteiger partial charge in [0, 0.05) is 18.3 Å². The van der Waals surface area contributed by atoms with E-state index in [1.54, 1.807) is 6.92 Å². The molecule has 2 aromatic heterocycles. The van der Waals surface area contributed by atoms with E-state index < -0.39 is 5.41 Å². The van der Waals surface area contributed by atoms with Crippen molar-refractivity contribution in [3.05, 3.63) is 41.2 Å². The van der Waals surface area contributed by atoms with Crippen molar-refractivity contribution < 1.29 is 14.3 Å². The molecule has 0 aromatic carbocycles. The summed E-state index contributed by atoms with van der Waals surface area (Å²) in [4.78, 5) is 12.5. The largest absolute Gasteiger partial charge is 0.462 e. The summed E-state index contributed by atoms with van der Waals surface area (Å²) in [6.45, 7) is 7.16. The molecule has 0 spiro atoms. The van der Waals surface area contributed by atoms with Gasteiger partial charge in [0.2, 0.25) is 0 Å². The first-order valence-electron chi connectivity index (χ1n) is 9.77. The number of carbonyl (C=O) groups is 1. The fourth-order valence-electron chi connectivity index (χ4n) is 4.35. The van der Waals surface area contributed by atoms with E-state index in [0.29, 0.717) is 18.1 Å². The lowest BCUT2D eigenvalue weighted by atomic mass is 9.84. The number of fused-ring (bicyclic) bond motifs is 1. The lowest BCUT2D eigenvalue weighted by Crippen LogP contribution is -2.33. The van der Waals surface area contributed by atoms with Gasteiger partial charge in [0.15, 0.2) is 0 Å². The third kappa shape index (κ3) is 3.12. The molecule has 0 N–H and O–H groups in total.